The van der Waals surface area contributed by atoms with Crippen LogP contribution in [-0.2, 0) is 11.3 Å². The van der Waals surface area contributed by atoms with Gasteiger partial charge in [0.05, 0.1) is 31.7 Å². The number of ether oxygens (including phenoxy) is 2. The van der Waals surface area contributed by atoms with Crippen molar-refractivity contribution in [1.29, 1.82) is 0 Å². The van der Waals surface area contributed by atoms with Gasteiger partial charge in [-0.15, -0.1) is 0 Å². The summed E-state index contributed by atoms with van der Waals surface area (Å²) in [6.45, 7) is 7.88. The van der Waals surface area contributed by atoms with Crippen molar-refractivity contribution < 1.29 is 14.3 Å². The highest BCUT2D eigenvalue weighted by atomic mass is 16.5. The van der Waals surface area contributed by atoms with Gasteiger partial charge >= 0.3 is 0 Å². The predicted octanol–water partition coefficient (Wildman–Crippen LogP) is 2.59. The van der Waals surface area contributed by atoms with Gasteiger partial charge < -0.3 is 14.8 Å². The van der Waals surface area contributed by atoms with Crippen LogP contribution in [0.15, 0.2) is 30.9 Å². The molecule has 1 aromatic heterocycles. The second-order valence-corrected chi connectivity index (χ2v) is 7.01. The van der Waals surface area contributed by atoms with Crippen LogP contribution < -0.4 is 14.8 Å². The van der Waals surface area contributed by atoms with Gasteiger partial charge in [-0.1, -0.05) is 26.8 Å². The van der Waals surface area contributed by atoms with Crippen molar-refractivity contribution >= 4 is 5.91 Å². The summed E-state index contributed by atoms with van der Waals surface area (Å²) in [5.41, 5.74) is 1.02. The summed E-state index contributed by atoms with van der Waals surface area (Å²) in [7, 11) is 0. The van der Waals surface area contributed by atoms with Gasteiger partial charge in [-0.2, -0.15) is 5.10 Å². The molecule has 0 saturated heterocycles. The maximum atomic E-state index is 12.7. The summed E-state index contributed by atoms with van der Waals surface area (Å²) >= 11 is 0. The third kappa shape index (κ3) is 4.33. The molecule has 0 radical (unpaired) electrons. The Balaban J connectivity index is 1.72. The van der Waals surface area contributed by atoms with Crippen LogP contribution in [0.2, 0.25) is 0 Å². The Labute approximate surface area is 153 Å². The van der Waals surface area contributed by atoms with Gasteiger partial charge in [0.1, 0.15) is 12.7 Å². The molecule has 2 atom stereocenters. The highest BCUT2D eigenvalue weighted by molar-refractivity contribution is 5.78. The predicted molar refractivity (Wildman–Crippen MR) is 97.0 cm³/mol. The molecular formula is C19H26N4O3. The Morgan fingerprint density at radius 2 is 2.00 bits per heavy atom. The molecule has 0 bridgehead atoms. The number of benzene rings is 1. The molecule has 0 unspecified atom stereocenters. The van der Waals surface area contributed by atoms with E-state index in [4.69, 9.17) is 9.47 Å². The Morgan fingerprint density at radius 3 is 2.69 bits per heavy atom. The van der Waals surface area contributed by atoms with Crippen molar-refractivity contribution in [2.45, 2.75) is 39.8 Å². The Bertz CT molecular complexity index is 730. The molecule has 0 fully saturated rings. The SMILES string of the molecule is CC(C)[C@H](NC(=O)[C@H](C)Cn1cncn1)c1ccc2c(c1)OCCCO2. The van der Waals surface area contributed by atoms with E-state index in [1.165, 1.54) is 6.33 Å². The number of carbonyl (C=O) groups is 1. The average Bonchev–Trinajstić information content (AvgIpc) is 3.01. The third-order valence-electron chi connectivity index (χ3n) is 4.47. The van der Waals surface area contributed by atoms with E-state index >= 15 is 0 Å². The lowest BCUT2D eigenvalue weighted by atomic mass is 9.95. The molecule has 1 aromatic carbocycles. The topological polar surface area (TPSA) is 78.3 Å². The normalized spacial score (nSPS) is 16.0. The molecule has 2 heterocycles. The van der Waals surface area contributed by atoms with Crippen molar-refractivity contribution in [3.63, 3.8) is 0 Å². The minimum atomic E-state index is -0.210. The zero-order valence-electron chi connectivity index (χ0n) is 15.5. The number of nitrogens with one attached hydrogen (secondary N) is 1. The summed E-state index contributed by atoms with van der Waals surface area (Å²) in [5, 5.41) is 7.23. The lowest BCUT2D eigenvalue weighted by Crippen LogP contribution is -2.36. The summed E-state index contributed by atoms with van der Waals surface area (Å²) in [4.78, 5) is 16.6. The van der Waals surface area contributed by atoms with E-state index in [-0.39, 0.29) is 23.8 Å². The smallest absolute Gasteiger partial charge is 0.225 e. The molecular weight excluding hydrogens is 332 g/mol. The van der Waals surface area contributed by atoms with E-state index < -0.39 is 0 Å². The van der Waals surface area contributed by atoms with Crippen LogP contribution in [0.1, 0.15) is 38.8 Å². The third-order valence-corrected chi connectivity index (χ3v) is 4.47. The standard InChI is InChI=1S/C19H26N4O3/c1-13(2)18(22-19(24)14(3)10-23-12-20-11-21-23)15-5-6-16-17(9-15)26-8-4-7-25-16/h5-6,9,11-14,18H,4,7-8,10H2,1-3H3,(H,22,24)/t14-,18+/m1/s1. The van der Waals surface area contributed by atoms with Crippen molar-refractivity contribution in [1.82, 2.24) is 20.1 Å². The molecule has 1 aliphatic heterocycles. The Kier molecular flexibility index (Phi) is 5.75. The zero-order chi connectivity index (χ0) is 18.5. The van der Waals surface area contributed by atoms with Crippen LogP contribution in [0.5, 0.6) is 11.5 Å². The van der Waals surface area contributed by atoms with Crippen LogP contribution >= 0.6 is 0 Å². The van der Waals surface area contributed by atoms with Gasteiger partial charge in [-0.05, 0) is 23.6 Å². The number of hydrogen-bond acceptors (Lipinski definition) is 5. The van der Waals surface area contributed by atoms with Crippen molar-refractivity contribution in [2.24, 2.45) is 11.8 Å². The monoisotopic (exact) mass is 358 g/mol. The quantitative estimate of drug-likeness (QED) is 0.859. The molecule has 0 spiro atoms. The summed E-state index contributed by atoms with van der Waals surface area (Å²) in [5.74, 6) is 1.53. The lowest BCUT2D eigenvalue weighted by Gasteiger charge is -2.25. The van der Waals surface area contributed by atoms with Gasteiger partial charge in [-0.25, -0.2) is 4.98 Å². The molecule has 140 valence electrons. The first-order chi connectivity index (χ1) is 12.5. The Hall–Kier alpha value is -2.57. The number of hydrogen-bond donors (Lipinski definition) is 1. The molecule has 1 aliphatic rings. The summed E-state index contributed by atoms with van der Waals surface area (Å²) < 4.78 is 13.1. The van der Waals surface area contributed by atoms with Crippen LogP contribution in [0, 0.1) is 11.8 Å². The molecule has 3 rings (SSSR count). The maximum Gasteiger partial charge on any atom is 0.225 e. The second kappa shape index (κ2) is 8.21. The number of nitrogens with zero attached hydrogens (tertiary/aromatic N) is 3. The summed E-state index contributed by atoms with van der Waals surface area (Å²) in [6, 6.07) is 5.81. The Morgan fingerprint density at radius 1 is 1.23 bits per heavy atom. The fourth-order valence-electron chi connectivity index (χ4n) is 2.99. The first-order valence-corrected chi connectivity index (χ1v) is 9.07. The van der Waals surface area contributed by atoms with Gasteiger partial charge in [0, 0.05) is 6.42 Å². The molecule has 2 aromatic rings. The summed E-state index contributed by atoms with van der Waals surface area (Å²) in [6.07, 6.45) is 3.96. The van der Waals surface area contributed by atoms with Gasteiger partial charge in [0.15, 0.2) is 11.5 Å². The molecule has 7 nitrogen and oxygen atoms in total. The number of fused-ring (bicyclic) bond motifs is 1. The van der Waals surface area contributed by atoms with Crippen molar-refractivity contribution in [3.05, 3.63) is 36.4 Å². The van der Waals surface area contributed by atoms with E-state index in [1.807, 2.05) is 25.1 Å². The highest BCUT2D eigenvalue weighted by Crippen LogP contribution is 2.34. The number of amides is 1. The molecule has 1 amide bonds. The number of carbonyl (C=O) groups excluding carboxylic acids is 1. The van der Waals surface area contributed by atoms with Crippen molar-refractivity contribution in [2.75, 3.05) is 13.2 Å². The fraction of sp³-hybridized carbons (Fsp3) is 0.526. The number of rotatable bonds is 6. The minimum absolute atomic E-state index is 0.00805. The largest absolute Gasteiger partial charge is 0.490 e. The van der Waals surface area contributed by atoms with E-state index in [0.29, 0.717) is 19.8 Å². The average molecular weight is 358 g/mol. The first kappa shape index (κ1) is 18.2. The molecule has 1 N–H and O–H groups in total. The van der Waals surface area contributed by atoms with E-state index in [1.54, 1.807) is 11.0 Å². The van der Waals surface area contributed by atoms with Crippen molar-refractivity contribution in [3.8, 4) is 11.5 Å². The van der Waals surface area contributed by atoms with E-state index in [0.717, 1.165) is 23.5 Å². The van der Waals surface area contributed by atoms with E-state index in [9.17, 15) is 4.79 Å². The first-order valence-electron chi connectivity index (χ1n) is 9.07. The van der Waals surface area contributed by atoms with Crippen LogP contribution in [0.3, 0.4) is 0 Å². The van der Waals surface area contributed by atoms with Gasteiger partial charge in [0.2, 0.25) is 5.91 Å². The van der Waals surface area contributed by atoms with Crippen LogP contribution in [0.4, 0.5) is 0 Å². The molecule has 0 aliphatic carbocycles. The second-order valence-electron chi connectivity index (χ2n) is 7.01. The van der Waals surface area contributed by atoms with Gasteiger partial charge in [-0.3, -0.25) is 9.48 Å². The molecule has 7 heteroatoms. The fourth-order valence-corrected chi connectivity index (χ4v) is 2.99. The van der Waals surface area contributed by atoms with Crippen LogP contribution in [0.25, 0.3) is 0 Å². The molecule has 0 saturated carbocycles. The van der Waals surface area contributed by atoms with E-state index in [2.05, 4.69) is 29.2 Å². The maximum absolute atomic E-state index is 12.7. The molecule has 26 heavy (non-hydrogen) atoms. The highest BCUT2D eigenvalue weighted by Gasteiger charge is 2.23. The lowest BCUT2D eigenvalue weighted by molar-refractivity contribution is -0.126. The zero-order valence-corrected chi connectivity index (χ0v) is 15.5. The number of aromatic nitrogens is 3. The minimum Gasteiger partial charge on any atom is -0.490 e. The van der Waals surface area contributed by atoms with Gasteiger partial charge in [0.25, 0.3) is 0 Å². The van der Waals surface area contributed by atoms with Crippen LogP contribution in [-0.4, -0.2) is 33.9 Å².